The number of aliphatic hydroxyl groups is 1. The normalized spacial score (nSPS) is 23.9. The minimum Gasteiger partial charge on any atom is -0.486 e. The van der Waals surface area contributed by atoms with Crippen molar-refractivity contribution >= 4 is 17.5 Å². The van der Waals surface area contributed by atoms with E-state index in [4.69, 9.17) is 21.1 Å². The Kier molecular flexibility index (Phi) is 4.74. The Labute approximate surface area is 134 Å². The van der Waals surface area contributed by atoms with E-state index < -0.39 is 0 Å². The smallest absolute Gasteiger partial charge is 0.224 e. The first kappa shape index (κ1) is 15.4. The molecule has 0 saturated heterocycles. The van der Waals surface area contributed by atoms with Gasteiger partial charge in [-0.2, -0.15) is 0 Å². The molecule has 5 nitrogen and oxygen atoms in total. The highest BCUT2D eigenvalue weighted by atomic mass is 35.5. The zero-order valence-corrected chi connectivity index (χ0v) is 13.1. The van der Waals surface area contributed by atoms with E-state index in [1.54, 1.807) is 6.07 Å². The minimum absolute atomic E-state index is 0.0332. The molecule has 2 N–H and O–H groups in total. The maximum atomic E-state index is 12.2. The van der Waals surface area contributed by atoms with Crippen molar-refractivity contribution in [3.8, 4) is 11.5 Å². The zero-order chi connectivity index (χ0) is 15.5. The van der Waals surface area contributed by atoms with Crippen molar-refractivity contribution in [2.45, 2.75) is 44.2 Å². The number of halogens is 1. The van der Waals surface area contributed by atoms with E-state index in [0.29, 0.717) is 29.7 Å². The van der Waals surface area contributed by atoms with Crippen LogP contribution in [0, 0.1) is 0 Å². The van der Waals surface area contributed by atoms with E-state index in [2.05, 4.69) is 5.32 Å². The summed E-state index contributed by atoms with van der Waals surface area (Å²) < 4.78 is 11.0. The van der Waals surface area contributed by atoms with Crippen LogP contribution in [0.15, 0.2) is 12.1 Å². The molecule has 0 spiro atoms. The van der Waals surface area contributed by atoms with Crippen LogP contribution in [0.5, 0.6) is 11.5 Å². The average molecular weight is 326 g/mol. The zero-order valence-electron chi connectivity index (χ0n) is 12.3. The molecule has 1 heterocycles. The first-order valence-electron chi connectivity index (χ1n) is 7.67. The number of amides is 1. The number of fused-ring (bicyclic) bond motifs is 1. The second-order valence-electron chi connectivity index (χ2n) is 5.85. The lowest BCUT2D eigenvalue weighted by Gasteiger charge is -2.26. The summed E-state index contributed by atoms with van der Waals surface area (Å²) in [5, 5.41) is 13.0. The molecular formula is C16H20ClNO4. The third-order valence-electron chi connectivity index (χ3n) is 4.08. The van der Waals surface area contributed by atoms with Gasteiger partial charge < -0.3 is 19.9 Å². The summed E-state index contributed by atoms with van der Waals surface area (Å²) in [4.78, 5) is 12.2. The summed E-state index contributed by atoms with van der Waals surface area (Å²) in [6, 6.07) is 3.72. The lowest BCUT2D eigenvalue weighted by atomic mass is 9.93. The minimum atomic E-state index is -0.218. The molecule has 0 unspecified atom stereocenters. The lowest BCUT2D eigenvalue weighted by molar-refractivity contribution is -0.121. The Bertz CT molecular complexity index is 555. The lowest BCUT2D eigenvalue weighted by Crippen LogP contribution is -2.39. The molecule has 1 aromatic rings. The number of carbonyl (C=O) groups is 1. The van der Waals surface area contributed by atoms with Gasteiger partial charge >= 0.3 is 0 Å². The molecule has 0 atom stereocenters. The van der Waals surface area contributed by atoms with Gasteiger partial charge in [-0.25, -0.2) is 0 Å². The van der Waals surface area contributed by atoms with Gasteiger partial charge in [0.2, 0.25) is 5.91 Å². The molecule has 120 valence electrons. The van der Waals surface area contributed by atoms with Gasteiger partial charge in [0.15, 0.2) is 11.5 Å². The summed E-state index contributed by atoms with van der Waals surface area (Å²) in [6.45, 7) is 0.976. The first-order valence-corrected chi connectivity index (χ1v) is 8.05. The molecule has 1 amide bonds. The first-order chi connectivity index (χ1) is 10.6. The number of hydrogen-bond donors (Lipinski definition) is 2. The van der Waals surface area contributed by atoms with Gasteiger partial charge in [-0.05, 0) is 43.4 Å². The number of benzene rings is 1. The van der Waals surface area contributed by atoms with Crippen LogP contribution in [-0.2, 0) is 11.2 Å². The van der Waals surface area contributed by atoms with Crippen LogP contribution in [0.3, 0.4) is 0 Å². The molecule has 1 saturated carbocycles. The molecule has 2 aliphatic rings. The number of carbonyl (C=O) groups excluding carboxylic acids is 1. The molecule has 0 bridgehead atoms. The van der Waals surface area contributed by atoms with Crippen molar-refractivity contribution in [2.75, 3.05) is 13.2 Å². The molecule has 1 aromatic carbocycles. The predicted octanol–water partition coefficient (Wildman–Crippen LogP) is 2.07. The number of aliphatic hydroxyl groups excluding tert-OH is 1. The number of rotatable bonds is 3. The van der Waals surface area contributed by atoms with Gasteiger partial charge in [0.1, 0.15) is 13.2 Å². The summed E-state index contributed by atoms with van der Waals surface area (Å²) in [7, 11) is 0. The van der Waals surface area contributed by atoms with Crippen LogP contribution in [0.4, 0.5) is 0 Å². The van der Waals surface area contributed by atoms with Gasteiger partial charge in [0.05, 0.1) is 17.5 Å². The van der Waals surface area contributed by atoms with E-state index in [1.807, 2.05) is 6.07 Å². The standard InChI is InChI=1S/C16H20ClNO4/c17-13-7-10(8-14-16(13)22-6-5-21-14)9-15(20)18-11-1-3-12(19)4-2-11/h7-8,11-12,19H,1-6,9H2,(H,18,20). The summed E-state index contributed by atoms with van der Waals surface area (Å²) in [5.41, 5.74) is 0.808. The summed E-state index contributed by atoms with van der Waals surface area (Å²) in [6.07, 6.45) is 3.20. The molecule has 3 rings (SSSR count). The maximum Gasteiger partial charge on any atom is 0.224 e. The molecule has 0 radical (unpaired) electrons. The van der Waals surface area contributed by atoms with Gasteiger partial charge in [-0.3, -0.25) is 4.79 Å². The molecule has 1 aliphatic carbocycles. The summed E-state index contributed by atoms with van der Waals surface area (Å²) in [5.74, 6) is 1.12. The van der Waals surface area contributed by atoms with Crippen molar-refractivity contribution in [1.82, 2.24) is 5.32 Å². The Balaban J connectivity index is 1.60. The largest absolute Gasteiger partial charge is 0.486 e. The molecule has 1 fully saturated rings. The van der Waals surface area contributed by atoms with Crippen LogP contribution >= 0.6 is 11.6 Å². The highest BCUT2D eigenvalue weighted by molar-refractivity contribution is 6.32. The highest BCUT2D eigenvalue weighted by Gasteiger charge is 2.22. The van der Waals surface area contributed by atoms with Crippen molar-refractivity contribution in [1.29, 1.82) is 0 Å². The highest BCUT2D eigenvalue weighted by Crippen LogP contribution is 2.38. The summed E-state index contributed by atoms with van der Waals surface area (Å²) >= 11 is 6.17. The molecule has 0 aromatic heterocycles. The van der Waals surface area contributed by atoms with E-state index in [1.165, 1.54) is 0 Å². The van der Waals surface area contributed by atoms with Gasteiger partial charge in [-0.1, -0.05) is 11.6 Å². The quantitative estimate of drug-likeness (QED) is 0.893. The fourth-order valence-corrected chi connectivity index (χ4v) is 3.24. The van der Waals surface area contributed by atoms with E-state index in [9.17, 15) is 9.90 Å². The molecule has 1 aliphatic heterocycles. The number of nitrogens with one attached hydrogen (secondary N) is 1. The van der Waals surface area contributed by atoms with Crippen molar-refractivity contribution < 1.29 is 19.4 Å². The number of ether oxygens (including phenoxy) is 2. The van der Waals surface area contributed by atoms with Crippen molar-refractivity contribution in [3.63, 3.8) is 0 Å². The second kappa shape index (κ2) is 6.75. The van der Waals surface area contributed by atoms with Gasteiger partial charge in [0, 0.05) is 6.04 Å². The van der Waals surface area contributed by atoms with E-state index >= 15 is 0 Å². The monoisotopic (exact) mass is 325 g/mol. The Hall–Kier alpha value is -1.46. The fraction of sp³-hybridized carbons (Fsp3) is 0.562. The molecular weight excluding hydrogens is 306 g/mol. The Morgan fingerprint density at radius 1 is 1.23 bits per heavy atom. The van der Waals surface area contributed by atoms with Crippen molar-refractivity contribution in [2.24, 2.45) is 0 Å². The van der Waals surface area contributed by atoms with Crippen LogP contribution in [0.2, 0.25) is 5.02 Å². The topological polar surface area (TPSA) is 67.8 Å². The maximum absolute atomic E-state index is 12.2. The van der Waals surface area contributed by atoms with Gasteiger partial charge in [0.25, 0.3) is 0 Å². The Morgan fingerprint density at radius 3 is 2.73 bits per heavy atom. The van der Waals surface area contributed by atoms with Crippen LogP contribution < -0.4 is 14.8 Å². The van der Waals surface area contributed by atoms with Crippen molar-refractivity contribution in [3.05, 3.63) is 22.7 Å². The van der Waals surface area contributed by atoms with Crippen LogP contribution in [-0.4, -0.2) is 36.4 Å². The van der Waals surface area contributed by atoms with Crippen LogP contribution in [0.1, 0.15) is 31.2 Å². The third kappa shape index (κ3) is 3.65. The van der Waals surface area contributed by atoms with E-state index in [-0.39, 0.29) is 24.5 Å². The molecule has 22 heavy (non-hydrogen) atoms. The Morgan fingerprint density at radius 2 is 1.95 bits per heavy atom. The van der Waals surface area contributed by atoms with Gasteiger partial charge in [-0.15, -0.1) is 0 Å². The second-order valence-corrected chi connectivity index (χ2v) is 6.26. The fourth-order valence-electron chi connectivity index (χ4n) is 2.95. The predicted molar refractivity (Wildman–Crippen MR) is 82.6 cm³/mol. The van der Waals surface area contributed by atoms with Crippen LogP contribution in [0.25, 0.3) is 0 Å². The average Bonchev–Trinajstić information content (AvgIpc) is 2.49. The number of hydrogen-bond acceptors (Lipinski definition) is 4. The molecule has 6 heteroatoms. The third-order valence-corrected chi connectivity index (χ3v) is 4.36. The SMILES string of the molecule is O=C(Cc1cc(Cl)c2c(c1)OCCO2)NC1CCC(O)CC1. The van der Waals surface area contributed by atoms with E-state index in [0.717, 1.165) is 31.2 Å².